The molecule has 1 saturated heterocycles. The predicted molar refractivity (Wildman–Crippen MR) is 67.9 cm³/mol. The van der Waals surface area contributed by atoms with E-state index in [1.54, 1.807) is 0 Å². The van der Waals surface area contributed by atoms with E-state index in [1.807, 2.05) is 0 Å². The van der Waals surface area contributed by atoms with Gasteiger partial charge in [-0.15, -0.1) is 0 Å². The van der Waals surface area contributed by atoms with Crippen LogP contribution >= 0.6 is 0 Å². The molecule has 1 aromatic carbocycles. The summed E-state index contributed by atoms with van der Waals surface area (Å²) in [7, 11) is 2.12. The van der Waals surface area contributed by atoms with Crippen molar-refractivity contribution in [2.24, 2.45) is 0 Å². The average molecular weight is 225 g/mol. The number of hydrogen-bond acceptors (Lipinski definition) is 2. The summed E-state index contributed by atoms with van der Waals surface area (Å²) in [6.45, 7) is 4.95. The fourth-order valence-corrected chi connectivity index (χ4v) is 1.71. The lowest BCUT2D eigenvalue weighted by Crippen LogP contribution is -2.35. The molecule has 5 heteroatoms. The van der Waals surface area contributed by atoms with Crippen molar-refractivity contribution in [1.29, 1.82) is 0 Å². The summed E-state index contributed by atoms with van der Waals surface area (Å²) >= 11 is 0. The van der Waals surface area contributed by atoms with Gasteiger partial charge in [0.2, 0.25) is 0 Å². The first-order chi connectivity index (χ1) is 6.84. The van der Waals surface area contributed by atoms with Crippen LogP contribution in [0.4, 0.5) is 0 Å². The van der Waals surface area contributed by atoms with Gasteiger partial charge in [-0.3, -0.25) is 4.90 Å². The third-order valence-corrected chi connectivity index (χ3v) is 2.63. The molecule has 0 bridgehead atoms. The summed E-state index contributed by atoms with van der Waals surface area (Å²) in [6, 6.07) is 8.78. The molecular weight excluding hydrogens is 205 g/mol. The molecule has 0 aliphatic carbocycles. The van der Waals surface area contributed by atoms with Gasteiger partial charge in [-0.05, 0) is 5.56 Å². The minimum absolute atomic E-state index is 0. The molecule has 0 atom stereocenters. The van der Waals surface area contributed by atoms with E-state index in [9.17, 15) is 0 Å². The summed E-state index contributed by atoms with van der Waals surface area (Å²) < 4.78 is 5.31. The molecule has 1 aliphatic heterocycles. The Labute approximate surface area is 97.2 Å². The van der Waals surface area contributed by atoms with E-state index >= 15 is 0 Å². The monoisotopic (exact) mass is 225 g/mol. The zero-order chi connectivity index (χ0) is 9.80. The number of ether oxygens (including phenoxy) is 1. The molecule has 1 heterocycles. The maximum absolute atomic E-state index is 5.31. The molecule has 90 valence electrons. The third kappa shape index (κ3) is 4.32. The highest BCUT2D eigenvalue weighted by Gasteiger charge is 2.09. The van der Waals surface area contributed by atoms with Crippen LogP contribution in [0.3, 0.4) is 0 Å². The molecule has 2 rings (SSSR count). The van der Waals surface area contributed by atoms with Crippen molar-refractivity contribution in [3.05, 3.63) is 29.8 Å². The molecule has 1 fully saturated rings. The van der Waals surface area contributed by atoms with E-state index in [0.717, 1.165) is 32.8 Å². The van der Waals surface area contributed by atoms with Crippen LogP contribution in [0.1, 0.15) is 5.56 Å². The highest BCUT2D eigenvalue weighted by atomic mass is 16.5. The Morgan fingerprint density at radius 1 is 1.06 bits per heavy atom. The molecule has 4 N–H and O–H groups in total. The molecule has 0 aromatic heterocycles. The smallest absolute Gasteiger partial charge is 0.139 e. The maximum Gasteiger partial charge on any atom is 0.139 e. The van der Waals surface area contributed by atoms with Crippen LogP contribution in [0, 0.1) is 0 Å². The second-order valence-electron chi connectivity index (χ2n) is 3.87. The first-order valence-corrected chi connectivity index (χ1v) is 5.20. The van der Waals surface area contributed by atoms with Crippen LogP contribution in [-0.4, -0.2) is 50.0 Å². The molecule has 0 amide bonds. The van der Waals surface area contributed by atoms with E-state index in [1.165, 1.54) is 11.0 Å². The van der Waals surface area contributed by atoms with Crippen LogP contribution in [0.5, 0.6) is 0 Å². The van der Waals surface area contributed by atoms with Crippen LogP contribution in [0.25, 0.3) is 0 Å². The number of nitrogens with zero attached hydrogens (tertiary/aromatic N) is 1. The Kier molecular flexibility index (Phi) is 7.00. The lowest BCUT2D eigenvalue weighted by atomic mass is 9.95. The summed E-state index contributed by atoms with van der Waals surface area (Å²) in [5.74, 6) is 0. The van der Waals surface area contributed by atoms with E-state index in [2.05, 4.69) is 37.0 Å². The topological polar surface area (TPSA) is 75.5 Å². The third-order valence-electron chi connectivity index (χ3n) is 2.63. The summed E-state index contributed by atoms with van der Waals surface area (Å²) in [5.41, 5.74) is 2.73. The van der Waals surface area contributed by atoms with Crippen LogP contribution in [0.15, 0.2) is 24.3 Å². The van der Waals surface area contributed by atoms with Crippen molar-refractivity contribution in [2.45, 2.75) is 6.54 Å². The first kappa shape index (κ1) is 15.1. The van der Waals surface area contributed by atoms with E-state index in [4.69, 9.17) is 4.74 Å². The summed E-state index contributed by atoms with van der Waals surface area (Å²) in [4.78, 5) is 2.44. The van der Waals surface area contributed by atoms with Gasteiger partial charge in [0.05, 0.1) is 13.2 Å². The Morgan fingerprint density at radius 3 is 2.19 bits per heavy atom. The second kappa shape index (κ2) is 7.41. The van der Waals surface area contributed by atoms with Gasteiger partial charge in [-0.1, -0.05) is 29.7 Å². The Hall–Kier alpha value is -0.875. The Morgan fingerprint density at radius 2 is 1.62 bits per heavy atom. The van der Waals surface area contributed by atoms with Crippen molar-refractivity contribution in [1.82, 2.24) is 4.90 Å². The molecule has 1 aromatic rings. The van der Waals surface area contributed by atoms with E-state index in [-0.39, 0.29) is 11.0 Å². The second-order valence-corrected chi connectivity index (χ2v) is 3.87. The van der Waals surface area contributed by atoms with Crippen molar-refractivity contribution in [3.8, 4) is 0 Å². The number of benzene rings is 1. The minimum Gasteiger partial charge on any atom is -0.412 e. The van der Waals surface area contributed by atoms with E-state index < -0.39 is 0 Å². The molecular formula is C11H20BNO3. The molecule has 1 aliphatic rings. The average Bonchev–Trinajstić information content (AvgIpc) is 2.23. The first-order valence-electron chi connectivity index (χ1n) is 5.20. The largest absolute Gasteiger partial charge is 0.412 e. The Bertz CT molecular complexity index is 286. The molecule has 4 nitrogen and oxygen atoms in total. The van der Waals surface area contributed by atoms with Gasteiger partial charge in [-0.25, -0.2) is 0 Å². The molecule has 0 unspecified atom stereocenters. The quantitative estimate of drug-likeness (QED) is 0.553. The zero-order valence-electron chi connectivity index (χ0n) is 9.70. The zero-order valence-corrected chi connectivity index (χ0v) is 9.70. The normalized spacial score (nSPS) is 16.0. The van der Waals surface area contributed by atoms with Crippen molar-refractivity contribution < 1.29 is 15.7 Å². The predicted octanol–water partition coefficient (Wildman–Crippen LogP) is -1.87. The fraction of sp³-hybridized carbons (Fsp3) is 0.455. The van der Waals surface area contributed by atoms with Gasteiger partial charge in [0.25, 0.3) is 0 Å². The minimum atomic E-state index is 0. The van der Waals surface area contributed by atoms with Gasteiger partial charge < -0.3 is 15.7 Å². The number of morpholine rings is 1. The molecule has 0 saturated carbocycles. The van der Waals surface area contributed by atoms with Gasteiger partial charge >= 0.3 is 0 Å². The fourth-order valence-electron chi connectivity index (χ4n) is 1.71. The standard InChI is InChI=1S/C11H16BNO.2H2O/c12-11-3-1-10(2-4-11)9-13-5-7-14-8-6-13;;/h1-4H,5-9,12H2;2*1H2. The highest BCUT2D eigenvalue weighted by molar-refractivity contribution is 6.32. The van der Waals surface area contributed by atoms with Crippen LogP contribution in [-0.2, 0) is 11.3 Å². The van der Waals surface area contributed by atoms with E-state index in [0.29, 0.717) is 0 Å². The van der Waals surface area contributed by atoms with Crippen LogP contribution < -0.4 is 5.46 Å². The maximum atomic E-state index is 5.31. The van der Waals surface area contributed by atoms with Gasteiger partial charge in [0, 0.05) is 19.6 Å². The Balaban J connectivity index is 0.00000112. The van der Waals surface area contributed by atoms with Crippen LogP contribution in [0.2, 0.25) is 0 Å². The number of rotatable bonds is 2. The highest BCUT2D eigenvalue weighted by Crippen LogP contribution is 2.05. The molecule has 0 radical (unpaired) electrons. The molecule has 16 heavy (non-hydrogen) atoms. The lowest BCUT2D eigenvalue weighted by Gasteiger charge is -2.26. The van der Waals surface area contributed by atoms with Crippen molar-refractivity contribution >= 4 is 13.3 Å². The summed E-state index contributed by atoms with van der Waals surface area (Å²) in [5, 5.41) is 0. The lowest BCUT2D eigenvalue weighted by molar-refractivity contribution is 0.0342. The van der Waals surface area contributed by atoms with Crippen molar-refractivity contribution in [2.75, 3.05) is 26.3 Å². The van der Waals surface area contributed by atoms with Crippen molar-refractivity contribution in [3.63, 3.8) is 0 Å². The van der Waals surface area contributed by atoms with Gasteiger partial charge in [0.1, 0.15) is 7.85 Å². The summed E-state index contributed by atoms with van der Waals surface area (Å²) in [6.07, 6.45) is 0. The van der Waals surface area contributed by atoms with Gasteiger partial charge in [0.15, 0.2) is 0 Å². The van der Waals surface area contributed by atoms with Gasteiger partial charge in [-0.2, -0.15) is 0 Å². The molecule has 0 spiro atoms. The number of hydrogen-bond donors (Lipinski definition) is 0. The SMILES string of the molecule is Bc1ccc(CN2CCOCC2)cc1.O.O.